The minimum Gasteiger partial charge on any atom is -0.465 e. The van der Waals surface area contributed by atoms with E-state index in [-0.39, 0.29) is 17.3 Å². The van der Waals surface area contributed by atoms with Gasteiger partial charge in [0, 0.05) is 0 Å². The van der Waals surface area contributed by atoms with Gasteiger partial charge >= 0.3 is 0 Å². The van der Waals surface area contributed by atoms with Gasteiger partial charge in [0.15, 0.2) is 5.69 Å². The van der Waals surface area contributed by atoms with Crippen LogP contribution in [0.2, 0.25) is 0 Å². The predicted octanol–water partition coefficient (Wildman–Crippen LogP) is 0.850. The number of nitrogens with two attached hydrogens (primary N) is 1. The first-order chi connectivity index (χ1) is 15.5. The van der Waals surface area contributed by atoms with E-state index in [0.717, 1.165) is 31.5 Å². The van der Waals surface area contributed by atoms with E-state index in [1.54, 1.807) is 18.4 Å². The van der Waals surface area contributed by atoms with E-state index in [2.05, 4.69) is 45.0 Å². The second kappa shape index (κ2) is 11.0. The van der Waals surface area contributed by atoms with Crippen LogP contribution in [0, 0.1) is 0 Å². The normalized spacial score (nSPS) is 12.2. The van der Waals surface area contributed by atoms with Crippen LogP contribution in [0.4, 0.5) is 5.82 Å². The summed E-state index contributed by atoms with van der Waals surface area (Å²) in [6.45, 7) is 8.45. The predicted molar refractivity (Wildman–Crippen MR) is 117 cm³/mol. The zero-order chi connectivity index (χ0) is 22.9. The maximum absolute atomic E-state index is 12.9. The summed E-state index contributed by atoms with van der Waals surface area (Å²) < 4.78 is 11.4. The fourth-order valence-corrected chi connectivity index (χ4v) is 3.27. The Bertz CT molecular complexity index is 1060. The van der Waals surface area contributed by atoms with Crippen LogP contribution >= 0.6 is 0 Å². The third-order valence-electron chi connectivity index (χ3n) is 4.65. The number of carbonyl (C=O) groups is 1. The maximum atomic E-state index is 12.9. The molecule has 0 aromatic carbocycles. The highest BCUT2D eigenvalue weighted by molar-refractivity contribution is 5.94. The van der Waals surface area contributed by atoms with E-state index in [1.165, 1.54) is 15.8 Å². The fraction of sp³-hybridized carbons (Fsp3) is 0.400. The Balaban J connectivity index is 1.83. The molecule has 32 heavy (non-hydrogen) atoms. The molecule has 3 aromatic rings. The smallest absolute Gasteiger partial charge is 0.294 e. The molecule has 0 fully saturated rings. The number of hydrazone groups is 1. The fourth-order valence-electron chi connectivity index (χ4n) is 3.27. The number of allylic oxidation sites excluding steroid dienone is 1. The lowest BCUT2D eigenvalue weighted by Crippen LogP contribution is -3.10. The number of nitrogens with one attached hydrogen (secondary N) is 2. The van der Waals surface area contributed by atoms with Gasteiger partial charge in [0.25, 0.3) is 5.91 Å². The summed E-state index contributed by atoms with van der Waals surface area (Å²) in [5, 5.41) is 19.6. The molecular formula is C20H28N9O3+. The molecule has 4 N–H and O–H groups in total. The van der Waals surface area contributed by atoms with Gasteiger partial charge in [-0.05, 0) is 53.9 Å². The number of nitrogens with zero attached hydrogens (tertiary/aromatic N) is 6. The molecule has 0 unspecified atom stereocenters. The number of quaternary nitrogens is 1. The van der Waals surface area contributed by atoms with Gasteiger partial charge in [-0.2, -0.15) is 9.78 Å². The Hall–Kier alpha value is -3.80. The van der Waals surface area contributed by atoms with E-state index in [1.807, 2.05) is 13.0 Å². The van der Waals surface area contributed by atoms with Crippen molar-refractivity contribution in [3.05, 3.63) is 41.1 Å². The molecule has 1 amide bonds. The lowest BCUT2D eigenvalue weighted by molar-refractivity contribution is -0.914. The molecule has 0 saturated heterocycles. The second-order valence-corrected chi connectivity index (χ2v) is 7.30. The molecule has 12 nitrogen and oxygen atoms in total. The van der Waals surface area contributed by atoms with Crippen molar-refractivity contribution in [2.75, 3.05) is 18.8 Å². The SMILES string of the molecule is CCC[NH+](CCC)Cc1c(C(=O)NN=CC(C)=Cc2ccco2)nnn1-c1nonc1N. The first kappa shape index (κ1) is 22.9. The van der Waals surface area contributed by atoms with Crippen molar-refractivity contribution in [2.45, 2.75) is 40.2 Å². The summed E-state index contributed by atoms with van der Waals surface area (Å²) in [7, 11) is 0. The monoisotopic (exact) mass is 442 g/mol. The number of carbonyl (C=O) groups excluding carboxylic acids is 1. The minimum atomic E-state index is -0.490. The van der Waals surface area contributed by atoms with Crippen LogP contribution in [0.5, 0.6) is 0 Å². The van der Waals surface area contributed by atoms with Crippen LogP contribution < -0.4 is 16.1 Å². The molecule has 0 aliphatic heterocycles. The summed E-state index contributed by atoms with van der Waals surface area (Å²) in [6, 6.07) is 3.62. The Morgan fingerprint density at radius 2 is 2.09 bits per heavy atom. The van der Waals surface area contributed by atoms with E-state index in [0.29, 0.717) is 18.0 Å². The average molecular weight is 443 g/mol. The molecule has 0 aliphatic carbocycles. The van der Waals surface area contributed by atoms with Gasteiger partial charge in [0.2, 0.25) is 11.6 Å². The number of furan rings is 1. The Morgan fingerprint density at radius 1 is 1.31 bits per heavy atom. The molecule has 3 rings (SSSR count). The molecule has 0 radical (unpaired) electrons. The van der Waals surface area contributed by atoms with Crippen molar-refractivity contribution >= 4 is 24.0 Å². The number of anilines is 1. The van der Waals surface area contributed by atoms with Crippen LogP contribution in [0.15, 0.2) is 38.1 Å². The molecule has 3 aromatic heterocycles. The lowest BCUT2D eigenvalue weighted by atomic mass is 10.2. The van der Waals surface area contributed by atoms with E-state index in [9.17, 15) is 4.79 Å². The zero-order valence-corrected chi connectivity index (χ0v) is 18.4. The molecule has 0 spiro atoms. The quantitative estimate of drug-likeness (QED) is 0.292. The summed E-state index contributed by atoms with van der Waals surface area (Å²) in [4.78, 5) is 14.1. The third kappa shape index (κ3) is 5.66. The molecule has 0 bridgehead atoms. The van der Waals surface area contributed by atoms with Crippen molar-refractivity contribution in [3.63, 3.8) is 0 Å². The highest BCUT2D eigenvalue weighted by Crippen LogP contribution is 2.15. The van der Waals surface area contributed by atoms with Gasteiger partial charge in [-0.1, -0.05) is 19.1 Å². The lowest BCUT2D eigenvalue weighted by Gasteiger charge is -2.18. The van der Waals surface area contributed by atoms with Crippen molar-refractivity contribution in [3.8, 4) is 5.82 Å². The van der Waals surface area contributed by atoms with Gasteiger partial charge < -0.3 is 15.1 Å². The van der Waals surface area contributed by atoms with Gasteiger partial charge in [0.1, 0.15) is 18.0 Å². The highest BCUT2D eigenvalue weighted by atomic mass is 16.6. The number of hydrogen-bond acceptors (Lipinski definition) is 9. The first-order valence-electron chi connectivity index (χ1n) is 10.4. The van der Waals surface area contributed by atoms with Crippen molar-refractivity contribution < 1.29 is 18.7 Å². The molecule has 3 heterocycles. The van der Waals surface area contributed by atoms with Gasteiger partial charge in [0.05, 0.1) is 25.6 Å². The van der Waals surface area contributed by atoms with Crippen LogP contribution in [-0.4, -0.2) is 50.5 Å². The number of amides is 1. The van der Waals surface area contributed by atoms with Crippen LogP contribution in [0.1, 0.15) is 55.6 Å². The molecule has 170 valence electrons. The Morgan fingerprint density at radius 3 is 2.72 bits per heavy atom. The Kier molecular flexibility index (Phi) is 7.86. The minimum absolute atomic E-state index is 0.0624. The van der Waals surface area contributed by atoms with Gasteiger partial charge in [-0.15, -0.1) is 5.10 Å². The van der Waals surface area contributed by atoms with Gasteiger partial charge in [-0.25, -0.2) is 10.1 Å². The first-order valence-corrected chi connectivity index (χ1v) is 10.4. The highest BCUT2D eigenvalue weighted by Gasteiger charge is 2.26. The molecule has 12 heteroatoms. The molecule has 0 aliphatic rings. The number of hydrogen-bond donors (Lipinski definition) is 3. The third-order valence-corrected chi connectivity index (χ3v) is 4.65. The van der Waals surface area contributed by atoms with Gasteiger partial charge in [-0.3, -0.25) is 4.79 Å². The van der Waals surface area contributed by atoms with Crippen molar-refractivity contribution in [2.24, 2.45) is 5.10 Å². The largest absolute Gasteiger partial charge is 0.465 e. The molecular weight excluding hydrogens is 414 g/mol. The van der Waals surface area contributed by atoms with Crippen LogP contribution in [0.3, 0.4) is 0 Å². The average Bonchev–Trinajstić information content (AvgIpc) is 3.50. The number of nitrogen functional groups attached to an aromatic ring is 1. The second-order valence-electron chi connectivity index (χ2n) is 7.30. The summed E-state index contributed by atoms with van der Waals surface area (Å²) in [6.07, 6.45) is 6.90. The number of rotatable bonds is 11. The van der Waals surface area contributed by atoms with Crippen LogP contribution in [-0.2, 0) is 6.54 Å². The number of aromatic nitrogens is 5. The van der Waals surface area contributed by atoms with Crippen molar-refractivity contribution in [1.29, 1.82) is 0 Å². The maximum Gasteiger partial charge on any atom is 0.294 e. The van der Waals surface area contributed by atoms with E-state index >= 15 is 0 Å². The summed E-state index contributed by atoms with van der Waals surface area (Å²) in [5.74, 6) is 0.460. The Labute approximate surface area is 185 Å². The molecule has 0 saturated carbocycles. The topological polar surface area (TPSA) is 155 Å². The zero-order valence-electron chi connectivity index (χ0n) is 18.4. The van der Waals surface area contributed by atoms with Crippen molar-refractivity contribution in [1.82, 2.24) is 30.7 Å². The standard InChI is InChI=1S/C20H27N9O3/c1-4-8-28(9-5-2)13-16-17(23-27-29(16)19-18(21)25-32-26-19)20(30)24-22-12-14(3)11-15-7-6-10-31-15/h6-7,10-12H,4-5,8-9,13H2,1-3H3,(H2,21,25)(H,24,30)/p+1. The van der Waals surface area contributed by atoms with Crippen LogP contribution in [0.25, 0.3) is 11.9 Å². The summed E-state index contributed by atoms with van der Waals surface area (Å²) >= 11 is 0. The van der Waals surface area contributed by atoms with E-state index < -0.39 is 5.91 Å². The summed E-state index contributed by atoms with van der Waals surface area (Å²) in [5.41, 5.74) is 9.84. The molecule has 0 atom stereocenters. The van der Waals surface area contributed by atoms with E-state index in [4.69, 9.17) is 14.8 Å².